The van der Waals surface area contributed by atoms with Crippen LogP contribution in [0.2, 0.25) is 5.15 Å². The van der Waals surface area contributed by atoms with Gasteiger partial charge in [0.05, 0.1) is 16.5 Å². The number of carboxylic acid groups (broad SMARTS) is 2. The first-order valence-electron chi connectivity index (χ1n) is 16.8. The minimum atomic E-state index is -5.08. The van der Waals surface area contributed by atoms with Gasteiger partial charge in [0.25, 0.3) is 0 Å². The van der Waals surface area contributed by atoms with Gasteiger partial charge in [-0.2, -0.15) is 49.5 Å². The zero-order valence-electron chi connectivity index (χ0n) is 29.3. The minimum absolute atomic E-state index is 0.0658. The van der Waals surface area contributed by atoms with Gasteiger partial charge in [0.1, 0.15) is 46.5 Å². The molecule has 2 bridgehead atoms. The van der Waals surface area contributed by atoms with Crippen molar-refractivity contribution in [1.82, 2.24) is 30.2 Å². The number of anilines is 2. The molecule has 0 unspecified atom stereocenters. The lowest BCUT2D eigenvalue weighted by Gasteiger charge is -2.34. The number of aliphatic carboxylic acids is 2. The zero-order chi connectivity index (χ0) is 42.4. The van der Waals surface area contributed by atoms with Crippen LogP contribution in [0.1, 0.15) is 43.2 Å². The Morgan fingerprint density at radius 1 is 0.965 bits per heavy atom. The topological polar surface area (TPSA) is 180 Å². The van der Waals surface area contributed by atoms with Gasteiger partial charge in [-0.25, -0.2) is 28.3 Å². The number of piperazine rings is 1. The quantitative estimate of drug-likeness (QED) is 0.175. The van der Waals surface area contributed by atoms with Gasteiger partial charge in [0.2, 0.25) is 0 Å². The maximum atomic E-state index is 16.5. The molecule has 314 valence electrons. The molecule has 4 atom stereocenters. The molecule has 4 aliphatic rings. The number of nitrogens with one attached hydrogen (secondary N) is 1. The van der Waals surface area contributed by atoms with Gasteiger partial charge in [0, 0.05) is 38.1 Å². The predicted octanol–water partition coefficient (Wildman–Crippen LogP) is 5.95. The van der Waals surface area contributed by atoms with Crippen molar-refractivity contribution in [2.75, 3.05) is 43.4 Å². The summed E-state index contributed by atoms with van der Waals surface area (Å²) in [5, 5.41) is 17.6. The highest BCUT2D eigenvalue weighted by Crippen LogP contribution is 2.44. The van der Waals surface area contributed by atoms with Crippen molar-refractivity contribution in [1.29, 1.82) is 0 Å². The first-order valence-corrected chi connectivity index (χ1v) is 17.2. The summed E-state index contributed by atoms with van der Waals surface area (Å²) in [5.74, 6) is -6.62. The molecule has 0 amide bonds. The Balaban J connectivity index is 0.000000380. The average Bonchev–Trinajstić information content (AvgIpc) is 3.73. The van der Waals surface area contributed by atoms with Crippen molar-refractivity contribution in [3.8, 4) is 17.4 Å². The highest BCUT2D eigenvalue weighted by atomic mass is 35.5. The fourth-order valence-corrected chi connectivity index (χ4v) is 7.65. The molecule has 5 N–H and O–H groups in total. The third-order valence-electron chi connectivity index (χ3n) is 9.68. The standard InChI is InChI=1S/C28H30ClF5N8O.2C2HF3O2/c1-13-7-17(35)37-22(19(13)28(32,33)34)23-20(31)21-18(24(29)38-23)25(41-10-15-3-4-16(11-41)36-15)40-26(39-21)43-12-27-5-2-6-42(27)9-14(30)8-27;2*3-2(4,5)1(6)7/h7,14-16,36H,2-6,8-12H2,1H3,(H2,35,37);2*(H,6,7)/t14-,15-,16+,27+;;/m1../s1. The van der Waals surface area contributed by atoms with Crippen molar-refractivity contribution < 1.29 is 72.8 Å². The van der Waals surface area contributed by atoms with E-state index in [4.69, 9.17) is 41.9 Å². The second kappa shape index (κ2) is 16.0. The Morgan fingerprint density at radius 2 is 1.54 bits per heavy atom. The Morgan fingerprint density at radius 3 is 2.09 bits per heavy atom. The number of aryl methyl sites for hydroxylation is 1. The second-order valence-electron chi connectivity index (χ2n) is 13.7. The van der Waals surface area contributed by atoms with Crippen LogP contribution in [0.5, 0.6) is 6.01 Å². The van der Waals surface area contributed by atoms with Crippen molar-refractivity contribution in [3.05, 3.63) is 28.2 Å². The van der Waals surface area contributed by atoms with E-state index < -0.39 is 64.9 Å². The van der Waals surface area contributed by atoms with Crippen LogP contribution in [0, 0.1) is 12.7 Å². The van der Waals surface area contributed by atoms with Gasteiger partial charge in [-0.15, -0.1) is 0 Å². The summed E-state index contributed by atoms with van der Waals surface area (Å²) in [4.78, 5) is 38.7. The van der Waals surface area contributed by atoms with E-state index in [1.807, 2.05) is 4.90 Å². The van der Waals surface area contributed by atoms with E-state index in [1.54, 1.807) is 0 Å². The largest absolute Gasteiger partial charge is 0.490 e. The molecule has 3 aromatic heterocycles. The lowest BCUT2D eigenvalue weighted by atomic mass is 9.95. The van der Waals surface area contributed by atoms with Crippen molar-refractivity contribution in [2.45, 2.75) is 81.4 Å². The van der Waals surface area contributed by atoms with E-state index in [9.17, 15) is 43.9 Å². The predicted molar refractivity (Wildman–Crippen MR) is 178 cm³/mol. The lowest BCUT2D eigenvalue weighted by Crippen LogP contribution is -2.51. The molecular formula is C32H32ClF11N8O5. The third kappa shape index (κ3) is 9.59. The van der Waals surface area contributed by atoms with Crippen molar-refractivity contribution in [2.24, 2.45) is 0 Å². The number of hydrogen-bond acceptors (Lipinski definition) is 11. The van der Waals surface area contributed by atoms with Gasteiger partial charge in [-0.3, -0.25) is 4.90 Å². The molecule has 0 saturated carbocycles. The van der Waals surface area contributed by atoms with Gasteiger partial charge < -0.3 is 30.9 Å². The third-order valence-corrected chi connectivity index (χ3v) is 9.95. The first kappa shape index (κ1) is 43.5. The van der Waals surface area contributed by atoms with Gasteiger partial charge in [-0.1, -0.05) is 11.6 Å². The monoisotopic (exact) mass is 852 g/mol. The maximum Gasteiger partial charge on any atom is 0.490 e. The molecule has 4 saturated heterocycles. The van der Waals surface area contributed by atoms with Crippen LogP contribution in [-0.4, -0.2) is 116 Å². The van der Waals surface area contributed by atoms with Gasteiger partial charge in [0.15, 0.2) is 5.82 Å². The number of nitrogen functional groups attached to an aromatic ring is 1. The van der Waals surface area contributed by atoms with E-state index >= 15 is 4.39 Å². The fraction of sp³-hybridized carbons (Fsp3) is 0.562. The molecule has 0 spiro atoms. The molecule has 4 fully saturated rings. The fourth-order valence-electron chi connectivity index (χ4n) is 7.39. The normalized spacial score (nSPS) is 23.4. The van der Waals surface area contributed by atoms with Gasteiger partial charge >= 0.3 is 36.5 Å². The molecule has 13 nitrogen and oxygen atoms in total. The molecule has 3 aromatic rings. The molecule has 0 radical (unpaired) electrons. The maximum absolute atomic E-state index is 16.5. The van der Waals surface area contributed by atoms with Gasteiger partial charge in [-0.05, 0) is 50.8 Å². The molecule has 0 aliphatic carbocycles. The van der Waals surface area contributed by atoms with E-state index in [0.717, 1.165) is 38.3 Å². The van der Waals surface area contributed by atoms with Crippen LogP contribution >= 0.6 is 11.6 Å². The Labute approximate surface area is 319 Å². The highest BCUT2D eigenvalue weighted by molar-refractivity contribution is 6.35. The molecule has 0 aromatic carbocycles. The summed E-state index contributed by atoms with van der Waals surface area (Å²) in [7, 11) is 0. The summed E-state index contributed by atoms with van der Waals surface area (Å²) >= 11 is 6.63. The van der Waals surface area contributed by atoms with Crippen LogP contribution in [0.15, 0.2) is 6.07 Å². The number of ether oxygens (including phenoxy) is 1. The Hall–Kier alpha value is -4.58. The summed E-state index contributed by atoms with van der Waals surface area (Å²) in [6.07, 6.45) is -12.1. The number of carboxylic acids is 2. The van der Waals surface area contributed by atoms with Crippen molar-refractivity contribution >= 4 is 46.1 Å². The molecule has 4 aliphatic heterocycles. The zero-order valence-corrected chi connectivity index (χ0v) is 30.1. The minimum Gasteiger partial charge on any atom is -0.475 e. The van der Waals surface area contributed by atoms with Crippen LogP contribution < -0.4 is 20.7 Å². The summed E-state index contributed by atoms with van der Waals surface area (Å²) in [6.45, 7) is 3.49. The molecule has 7 heterocycles. The second-order valence-corrected chi connectivity index (χ2v) is 14.1. The number of alkyl halides is 10. The number of aromatic nitrogens is 4. The molecule has 7 rings (SSSR count). The first-order chi connectivity index (χ1) is 26.3. The Bertz CT molecular complexity index is 1990. The average molecular weight is 853 g/mol. The van der Waals surface area contributed by atoms with Crippen LogP contribution in [-0.2, 0) is 15.8 Å². The molecule has 25 heteroatoms. The number of nitrogens with zero attached hydrogens (tertiary/aromatic N) is 6. The smallest absolute Gasteiger partial charge is 0.475 e. The number of nitrogens with two attached hydrogens (primary N) is 1. The summed E-state index contributed by atoms with van der Waals surface area (Å²) in [5.41, 5.74) is 2.01. The number of fused-ring (bicyclic) bond motifs is 4. The van der Waals surface area contributed by atoms with E-state index in [1.165, 1.54) is 6.92 Å². The Kier molecular flexibility index (Phi) is 12.2. The number of carbonyl (C=O) groups is 2. The number of hydrogen-bond donors (Lipinski definition) is 4. The lowest BCUT2D eigenvalue weighted by molar-refractivity contribution is -0.193. The SMILES string of the molecule is Cc1cc(N)nc(-c2nc(Cl)c3c(N4C[C@H]5CC[C@@H](C4)N5)nc(OC[C@@]45CCCN4C[C@H](F)C5)nc3c2F)c1C(F)(F)F.O=C(O)C(F)(F)F.O=C(O)C(F)(F)F. The molecular weight excluding hydrogens is 821 g/mol. The van der Waals surface area contributed by atoms with E-state index in [-0.39, 0.29) is 58.0 Å². The van der Waals surface area contributed by atoms with E-state index in [2.05, 4.69) is 30.2 Å². The van der Waals surface area contributed by atoms with Crippen LogP contribution in [0.25, 0.3) is 22.3 Å². The number of rotatable bonds is 5. The highest BCUT2D eigenvalue weighted by Gasteiger charge is 2.49. The summed E-state index contributed by atoms with van der Waals surface area (Å²) in [6, 6.07) is 1.26. The van der Waals surface area contributed by atoms with Crippen LogP contribution in [0.3, 0.4) is 0 Å². The number of halogens is 12. The number of pyridine rings is 2. The summed E-state index contributed by atoms with van der Waals surface area (Å²) < 4.78 is 143. The van der Waals surface area contributed by atoms with Crippen LogP contribution in [0.4, 0.5) is 59.9 Å². The van der Waals surface area contributed by atoms with Crippen molar-refractivity contribution in [3.63, 3.8) is 0 Å². The van der Waals surface area contributed by atoms with E-state index in [0.29, 0.717) is 26.1 Å². The molecule has 57 heavy (non-hydrogen) atoms.